The number of benzene rings is 2. The minimum atomic E-state index is -0.839. The highest BCUT2D eigenvalue weighted by Gasteiger charge is 2.22. The lowest BCUT2D eigenvalue weighted by Gasteiger charge is -2.12. The van der Waals surface area contributed by atoms with Crippen molar-refractivity contribution >= 4 is 22.7 Å². The third-order valence-corrected chi connectivity index (χ3v) is 4.39. The van der Waals surface area contributed by atoms with Crippen LogP contribution in [-0.2, 0) is 9.53 Å². The molecule has 3 aromatic rings. The van der Waals surface area contributed by atoms with Crippen molar-refractivity contribution in [2.45, 2.75) is 25.9 Å². The molecule has 0 radical (unpaired) electrons. The summed E-state index contributed by atoms with van der Waals surface area (Å²) in [6.45, 7) is 1.97. The number of hydrogen-bond donors (Lipinski definition) is 1. The molecule has 0 unspecified atom stereocenters. The number of aromatic amines is 1. The van der Waals surface area contributed by atoms with E-state index in [1.807, 2.05) is 36.4 Å². The Kier molecular flexibility index (Phi) is 6.32. The van der Waals surface area contributed by atoms with E-state index in [2.05, 4.69) is 4.98 Å². The van der Waals surface area contributed by atoms with Crippen LogP contribution < -0.4 is 9.47 Å². The SMILES string of the molecule is COc1ccc(OCCCC(=O)O[C@@H](C)C(=O)c2c[nH]c3ccccc23)cc1. The van der Waals surface area contributed by atoms with Crippen LogP contribution >= 0.6 is 0 Å². The summed E-state index contributed by atoms with van der Waals surface area (Å²) in [5.74, 6) is 0.820. The zero-order chi connectivity index (χ0) is 19.9. The molecule has 0 fully saturated rings. The van der Waals surface area contributed by atoms with Crippen molar-refractivity contribution < 1.29 is 23.8 Å². The number of methoxy groups -OCH3 is 1. The van der Waals surface area contributed by atoms with E-state index in [4.69, 9.17) is 14.2 Å². The van der Waals surface area contributed by atoms with Crippen molar-refractivity contribution in [3.05, 3.63) is 60.3 Å². The number of Topliss-reactive ketones (excluding diaryl/α,β-unsaturated/α-hetero) is 1. The van der Waals surface area contributed by atoms with Crippen LogP contribution in [-0.4, -0.2) is 36.6 Å². The summed E-state index contributed by atoms with van der Waals surface area (Å²) in [7, 11) is 1.60. The molecule has 0 amide bonds. The quantitative estimate of drug-likeness (QED) is 0.342. The summed E-state index contributed by atoms with van der Waals surface area (Å²) in [5.41, 5.74) is 1.40. The fourth-order valence-corrected chi connectivity index (χ4v) is 2.88. The predicted molar refractivity (Wildman–Crippen MR) is 106 cm³/mol. The van der Waals surface area contributed by atoms with Gasteiger partial charge in [-0.15, -0.1) is 0 Å². The number of ether oxygens (including phenoxy) is 3. The Morgan fingerprint density at radius 3 is 2.50 bits per heavy atom. The Morgan fingerprint density at radius 2 is 1.75 bits per heavy atom. The van der Waals surface area contributed by atoms with Gasteiger partial charge >= 0.3 is 5.97 Å². The molecule has 0 saturated carbocycles. The second kappa shape index (κ2) is 9.08. The summed E-state index contributed by atoms with van der Waals surface area (Å²) in [6.07, 6.45) is 1.50. The molecule has 0 aliphatic rings. The van der Waals surface area contributed by atoms with E-state index in [0.29, 0.717) is 24.3 Å². The molecule has 3 rings (SSSR count). The zero-order valence-corrected chi connectivity index (χ0v) is 15.9. The first-order chi connectivity index (χ1) is 13.6. The summed E-state index contributed by atoms with van der Waals surface area (Å²) in [4.78, 5) is 27.7. The van der Waals surface area contributed by atoms with Gasteiger partial charge in [0.15, 0.2) is 6.10 Å². The van der Waals surface area contributed by atoms with Crippen LogP contribution in [0.25, 0.3) is 10.9 Å². The lowest BCUT2D eigenvalue weighted by atomic mass is 10.1. The number of carbonyl (C=O) groups excluding carboxylic acids is 2. The fraction of sp³-hybridized carbons (Fsp3) is 0.273. The van der Waals surface area contributed by atoms with Gasteiger partial charge in [-0.05, 0) is 43.7 Å². The lowest BCUT2D eigenvalue weighted by Crippen LogP contribution is -2.24. The maximum atomic E-state index is 12.6. The van der Waals surface area contributed by atoms with Crippen molar-refractivity contribution in [3.8, 4) is 11.5 Å². The highest BCUT2D eigenvalue weighted by molar-refractivity contribution is 6.10. The van der Waals surface area contributed by atoms with Crippen molar-refractivity contribution in [3.63, 3.8) is 0 Å². The molecule has 1 atom stereocenters. The van der Waals surface area contributed by atoms with Gasteiger partial charge in [-0.25, -0.2) is 0 Å². The highest BCUT2D eigenvalue weighted by atomic mass is 16.5. The highest BCUT2D eigenvalue weighted by Crippen LogP contribution is 2.20. The number of nitrogens with one attached hydrogen (secondary N) is 1. The Bertz CT molecular complexity index is 945. The number of H-pyrrole nitrogens is 1. The van der Waals surface area contributed by atoms with Crippen molar-refractivity contribution in [1.29, 1.82) is 0 Å². The minimum absolute atomic E-state index is 0.182. The van der Waals surface area contributed by atoms with Gasteiger partial charge in [0.25, 0.3) is 0 Å². The molecular weight excluding hydrogens is 358 g/mol. The Labute approximate surface area is 163 Å². The average Bonchev–Trinajstić information content (AvgIpc) is 3.15. The fourth-order valence-electron chi connectivity index (χ4n) is 2.88. The van der Waals surface area contributed by atoms with Gasteiger partial charge in [0.05, 0.1) is 13.7 Å². The molecule has 0 aliphatic carbocycles. The summed E-state index contributed by atoms with van der Waals surface area (Å²) in [6, 6.07) is 14.7. The Hall–Kier alpha value is -3.28. The van der Waals surface area contributed by atoms with E-state index in [1.165, 1.54) is 0 Å². The summed E-state index contributed by atoms with van der Waals surface area (Å²) >= 11 is 0. The zero-order valence-electron chi connectivity index (χ0n) is 15.9. The number of fused-ring (bicyclic) bond motifs is 1. The van der Waals surface area contributed by atoms with E-state index < -0.39 is 12.1 Å². The standard InChI is InChI=1S/C22H23NO5/c1-15(22(25)19-14-23-20-7-4-3-6-18(19)20)28-21(24)8-5-13-27-17-11-9-16(26-2)10-12-17/h3-4,6-7,9-12,14-15,23H,5,8,13H2,1-2H3/t15-/m0/s1. The Balaban J connectivity index is 1.44. The van der Waals surface area contributed by atoms with Crippen molar-refractivity contribution in [2.24, 2.45) is 0 Å². The number of carbonyl (C=O) groups is 2. The molecule has 146 valence electrons. The minimum Gasteiger partial charge on any atom is -0.497 e. The first-order valence-electron chi connectivity index (χ1n) is 9.15. The van der Waals surface area contributed by atoms with Crippen LogP contribution in [0.3, 0.4) is 0 Å². The molecule has 1 aromatic heterocycles. The molecule has 0 aliphatic heterocycles. The largest absolute Gasteiger partial charge is 0.497 e. The molecule has 1 N–H and O–H groups in total. The van der Waals surface area contributed by atoms with E-state index >= 15 is 0 Å². The summed E-state index contributed by atoms with van der Waals surface area (Å²) < 4.78 is 16.0. The van der Waals surface area contributed by atoms with E-state index in [9.17, 15) is 9.59 Å². The average molecular weight is 381 g/mol. The number of esters is 1. The van der Waals surface area contributed by atoms with Crippen molar-refractivity contribution in [1.82, 2.24) is 4.98 Å². The monoisotopic (exact) mass is 381 g/mol. The van der Waals surface area contributed by atoms with Crippen LogP contribution in [0, 0.1) is 0 Å². The van der Waals surface area contributed by atoms with Crippen LogP contribution in [0.15, 0.2) is 54.7 Å². The predicted octanol–water partition coefficient (Wildman–Crippen LogP) is 4.15. The van der Waals surface area contributed by atoms with Crippen LogP contribution in [0.1, 0.15) is 30.1 Å². The van der Waals surface area contributed by atoms with Crippen LogP contribution in [0.5, 0.6) is 11.5 Å². The van der Waals surface area contributed by atoms with Gasteiger partial charge in [-0.2, -0.15) is 0 Å². The first kappa shape index (κ1) is 19.5. The van der Waals surface area contributed by atoms with Crippen molar-refractivity contribution in [2.75, 3.05) is 13.7 Å². The summed E-state index contributed by atoms with van der Waals surface area (Å²) in [5, 5.41) is 0.822. The maximum Gasteiger partial charge on any atom is 0.306 e. The van der Waals surface area contributed by atoms with Gasteiger partial charge < -0.3 is 19.2 Å². The normalized spacial score (nSPS) is 11.8. The number of hydrogen-bond acceptors (Lipinski definition) is 5. The van der Waals surface area contributed by atoms with E-state index in [1.54, 1.807) is 32.4 Å². The molecule has 28 heavy (non-hydrogen) atoms. The second-order valence-corrected chi connectivity index (χ2v) is 6.37. The second-order valence-electron chi connectivity index (χ2n) is 6.37. The third kappa shape index (κ3) is 4.71. The van der Waals surface area contributed by atoms with Gasteiger partial charge in [0.1, 0.15) is 11.5 Å². The number of ketones is 1. The maximum absolute atomic E-state index is 12.6. The van der Waals surface area contributed by atoms with E-state index in [-0.39, 0.29) is 12.2 Å². The first-order valence-corrected chi connectivity index (χ1v) is 9.15. The van der Waals surface area contributed by atoms with Gasteiger partial charge in [-0.3, -0.25) is 9.59 Å². The topological polar surface area (TPSA) is 77.6 Å². The molecular formula is C22H23NO5. The number of aromatic nitrogens is 1. The van der Waals surface area contributed by atoms with Gasteiger partial charge in [0.2, 0.25) is 5.78 Å². The number of rotatable bonds is 9. The van der Waals surface area contributed by atoms with E-state index in [0.717, 1.165) is 16.7 Å². The molecule has 2 aromatic carbocycles. The van der Waals surface area contributed by atoms with Gasteiger partial charge in [0, 0.05) is 29.1 Å². The smallest absolute Gasteiger partial charge is 0.306 e. The van der Waals surface area contributed by atoms with Crippen LogP contribution in [0.2, 0.25) is 0 Å². The Morgan fingerprint density at radius 1 is 1.04 bits per heavy atom. The molecule has 0 bridgehead atoms. The lowest BCUT2D eigenvalue weighted by molar-refractivity contribution is -0.146. The molecule has 0 saturated heterocycles. The molecule has 1 heterocycles. The molecule has 6 nitrogen and oxygen atoms in total. The third-order valence-electron chi connectivity index (χ3n) is 4.39. The molecule has 6 heteroatoms. The van der Waals surface area contributed by atoms with Gasteiger partial charge in [-0.1, -0.05) is 18.2 Å². The number of para-hydroxylation sites is 1. The van der Waals surface area contributed by atoms with Crippen LogP contribution in [0.4, 0.5) is 0 Å². The molecule has 0 spiro atoms.